The normalized spacial score (nSPS) is 23.5. The number of carbonyl (C=O) groups excluding carboxylic acids is 2. The summed E-state index contributed by atoms with van der Waals surface area (Å²) in [5.74, 6) is 0.541. The zero-order valence-electron chi connectivity index (χ0n) is 20.8. The molecular weight excluding hydrogens is 422 g/mol. The van der Waals surface area contributed by atoms with E-state index < -0.39 is 0 Å². The Morgan fingerprint density at radius 3 is 1.97 bits per heavy atom. The Bertz CT molecular complexity index is 1130. The van der Waals surface area contributed by atoms with E-state index in [0.29, 0.717) is 28.8 Å². The van der Waals surface area contributed by atoms with Gasteiger partial charge in [0.15, 0.2) is 0 Å². The summed E-state index contributed by atoms with van der Waals surface area (Å²) in [6.07, 6.45) is 3.57. The summed E-state index contributed by atoms with van der Waals surface area (Å²) in [4.78, 5) is 33.7. The Balaban J connectivity index is 1.55. The maximum absolute atomic E-state index is 13.9. The molecule has 3 heterocycles. The van der Waals surface area contributed by atoms with Gasteiger partial charge in [-0.3, -0.25) is 9.59 Å². The van der Waals surface area contributed by atoms with Gasteiger partial charge in [-0.2, -0.15) is 0 Å². The van der Waals surface area contributed by atoms with Crippen molar-refractivity contribution < 1.29 is 9.59 Å². The van der Waals surface area contributed by atoms with Crippen LogP contribution in [0.4, 0.5) is 11.4 Å². The topological polar surface area (TPSA) is 43.9 Å². The predicted molar refractivity (Wildman–Crippen MR) is 138 cm³/mol. The molecule has 5 rings (SSSR count). The first-order valence-corrected chi connectivity index (χ1v) is 12.6. The number of benzene rings is 2. The Morgan fingerprint density at radius 2 is 1.35 bits per heavy atom. The number of hydrogen-bond acceptors (Lipinski definition) is 4. The van der Waals surface area contributed by atoms with Gasteiger partial charge in [-0.25, -0.2) is 4.90 Å². The van der Waals surface area contributed by atoms with Gasteiger partial charge in [0.2, 0.25) is 0 Å². The molecule has 3 aliphatic rings. The summed E-state index contributed by atoms with van der Waals surface area (Å²) in [7, 11) is 0. The number of rotatable bonds is 4. The molecule has 2 unspecified atom stereocenters. The smallest absolute Gasteiger partial charge is 0.282 e. The standard InChI is InChI=1S/C29H35N3O2/c1-19-15-20(2)18-31(17-19)27-26(23-8-7-21(3)22(4)16-23)28(33)32(29(27)34)25-11-9-24(10-12-25)30-13-5-6-14-30/h7-12,16,19-20H,5-6,13-15,17-18H2,1-4H3. The number of hydrogen-bond donors (Lipinski definition) is 0. The number of piperidine rings is 1. The summed E-state index contributed by atoms with van der Waals surface area (Å²) < 4.78 is 0. The van der Waals surface area contributed by atoms with Gasteiger partial charge in [-0.15, -0.1) is 0 Å². The molecular formula is C29H35N3O2. The lowest BCUT2D eigenvalue weighted by atomic mass is 9.90. The molecule has 0 aromatic heterocycles. The first-order valence-electron chi connectivity index (χ1n) is 12.6. The molecule has 0 bridgehead atoms. The van der Waals surface area contributed by atoms with Gasteiger partial charge in [0.05, 0.1) is 11.3 Å². The molecule has 2 aromatic carbocycles. The molecule has 0 saturated carbocycles. The molecule has 0 N–H and O–H groups in total. The van der Waals surface area contributed by atoms with Crippen molar-refractivity contribution in [2.45, 2.75) is 47.0 Å². The maximum Gasteiger partial charge on any atom is 0.282 e. The van der Waals surface area contributed by atoms with E-state index in [4.69, 9.17) is 0 Å². The van der Waals surface area contributed by atoms with Crippen molar-refractivity contribution in [3.8, 4) is 0 Å². The van der Waals surface area contributed by atoms with E-state index in [-0.39, 0.29) is 11.8 Å². The SMILES string of the molecule is Cc1ccc(C2=C(N3CC(C)CC(C)C3)C(=O)N(c3ccc(N4CCCC4)cc3)C2=O)cc1C. The number of aryl methyl sites for hydroxylation is 2. The minimum atomic E-state index is -0.219. The molecule has 0 radical (unpaired) electrons. The van der Waals surface area contributed by atoms with Crippen LogP contribution in [0.25, 0.3) is 5.57 Å². The van der Waals surface area contributed by atoms with E-state index in [0.717, 1.165) is 49.4 Å². The lowest BCUT2D eigenvalue weighted by Crippen LogP contribution is -2.42. The average molecular weight is 458 g/mol. The second kappa shape index (κ2) is 8.94. The first kappa shape index (κ1) is 22.7. The van der Waals surface area contributed by atoms with Crippen LogP contribution in [-0.2, 0) is 9.59 Å². The van der Waals surface area contributed by atoms with Crippen molar-refractivity contribution in [2.24, 2.45) is 11.8 Å². The van der Waals surface area contributed by atoms with Crippen LogP contribution in [0, 0.1) is 25.7 Å². The Kier molecular flexibility index (Phi) is 5.97. The molecule has 2 aromatic rings. The fraction of sp³-hybridized carbons (Fsp3) is 0.448. The summed E-state index contributed by atoms with van der Waals surface area (Å²) in [6, 6.07) is 14.0. The lowest BCUT2D eigenvalue weighted by molar-refractivity contribution is -0.120. The highest BCUT2D eigenvalue weighted by Gasteiger charge is 2.43. The van der Waals surface area contributed by atoms with Gasteiger partial charge in [0, 0.05) is 31.9 Å². The molecule has 2 fully saturated rings. The van der Waals surface area contributed by atoms with E-state index in [1.165, 1.54) is 23.3 Å². The quantitative estimate of drug-likeness (QED) is 0.595. The Labute approximate surface area is 203 Å². The zero-order valence-corrected chi connectivity index (χ0v) is 20.8. The van der Waals surface area contributed by atoms with E-state index in [1.54, 1.807) is 0 Å². The third kappa shape index (κ3) is 4.02. The molecule has 34 heavy (non-hydrogen) atoms. The molecule has 3 aliphatic heterocycles. The number of carbonyl (C=O) groups is 2. The van der Waals surface area contributed by atoms with Gasteiger partial charge >= 0.3 is 0 Å². The van der Waals surface area contributed by atoms with Gasteiger partial charge < -0.3 is 9.80 Å². The highest BCUT2D eigenvalue weighted by molar-refractivity contribution is 6.45. The zero-order chi connectivity index (χ0) is 24.0. The highest BCUT2D eigenvalue weighted by Crippen LogP contribution is 2.38. The summed E-state index contributed by atoms with van der Waals surface area (Å²) >= 11 is 0. The van der Waals surface area contributed by atoms with Crippen LogP contribution in [0.5, 0.6) is 0 Å². The fourth-order valence-electron chi connectivity index (χ4n) is 5.84. The van der Waals surface area contributed by atoms with Crippen LogP contribution < -0.4 is 9.80 Å². The molecule has 178 valence electrons. The van der Waals surface area contributed by atoms with Crippen molar-refractivity contribution in [1.29, 1.82) is 0 Å². The third-order valence-electron chi connectivity index (χ3n) is 7.62. The first-order chi connectivity index (χ1) is 16.3. The lowest BCUT2D eigenvalue weighted by Gasteiger charge is -2.37. The van der Waals surface area contributed by atoms with Gasteiger partial charge in [0.25, 0.3) is 11.8 Å². The minimum Gasteiger partial charge on any atom is -0.372 e. The molecule has 5 heteroatoms. The predicted octanol–water partition coefficient (Wildman–Crippen LogP) is 5.17. The maximum atomic E-state index is 13.9. The highest BCUT2D eigenvalue weighted by atomic mass is 16.2. The monoisotopic (exact) mass is 457 g/mol. The number of likely N-dealkylation sites (tertiary alicyclic amines) is 1. The third-order valence-corrected chi connectivity index (χ3v) is 7.62. The second-order valence-electron chi connectivity index (χ2n) is 10.5. The molecule has 2 saturated heterocycles. The number of imide groups is 1. The van der Waals surface area contributed by atoms with Crippen molar-refractivity contribution in [1.82, 2.24) is 4.90 Å². The average Bonchev–Trinajstić information content (AvgIpc) is 3.42. The van der Waals surface area contributed by atoms with Gasteiger partial charge in [-0.1, -0.05) is 32.0 Å². The fourth-order valence-corrected chi connectivity index (χ4v) is 5.84. The number of amides is 2. The molecule has 5 nitrogen and oxygen atoms in total. The minimum absolute atomic E-state index is 0.201. The Hall–Kier alpha value is -3.08. The molecule has 2 atom stereocenters. The van der Waals surface area contributed by atoms with Gasteiger partial charge in [0.1, 0.15) is 5.70 Å². The Morgan fingerprint density at radius 1 is 0.735 bits per heavy atom. The number of anilines is 2. The van der Waals surface area contributed by atoms with Crippen molar-refractivity contribution in [3.05, 3.63) is 64.9 Å². The van der Waals surface area contributed by atoms with Crippen molar-refractivity contribution in [2.75, 3.05) is 36.0 Å². The molecule has 0 aliphatic carbocycles. The van der Waals surface area contributed by atoms with Crippen LogP contribution in [0.3, 0.4) is 0 Å². The molecule has 2 amide bonds. The van der Waals surface area contributed by atoms with E-state index in [2.05, 4.69) is 37.5 Å². The largest absolute Gasteiger partial charge is 0.372 e. The summed E-state index contributed by atoms with van der Waals surface area (Å²) in [5.41, 5.74) is 6.04. The van der Waals surface area contributed by atoms with E-state index in [1.807, 2.05) is 42.5 Å². The van der Waals surface area contributed by atoms with E-state index in [9.17, 15) is 9.59 Å². The number of nitrogens with zero attached hydrogens (tertiary/aromatic N) is 3. The van der Waals surface area contributed by atoms with E-state index >= 15 is 0 Å². The van der Waals surface area contributed by atoms with Crippen LogP contribution >= 0.6 is 0 Å². The second-order valence-corrected chi connectivity index (χ2v) is 10.5. The van der Waals surface area contributed by atoms with Crippen LogP contribution in [0.1, 0.15) is 49.8 Å². The van der Waals surface area contributed by atoms with Crippen molar-refractivity contribution in [3.63, 3.8) is 0 Å². The summed E-state index contributed by atoms with van der Waals surface area (Å²) in [6.45, 7) is 12.3. The van der Waals surface area contributed by atoms with Crippen molar-refractivity contribution >= 4 is 28.8 Å². The van der Waals surface area contributed by atoms with Crippen LogP contribution in [0.2, 0.25) is 0 Å². The molecule has 0 spiro atoms. The summed E-state index contributed by atoms with van der Waals surface area (Å²) in [5, 5.41) is 0. The van der Waals surface area contributed by atoms with Crippen LogP contribution in [-0.4, -0.2) is 42.9 Å². The van der Waals surface area contributed by atoms with Gasteiger partial charge in [-0.05, 0) is 85.9 Å². The van der Waals surface area contributed by atoms with Crippen LogP contribution in [0.15, 0.2) is 48.2 Å².